The van der Waals surface area contributed by atoms with Gasteiger partial charge in [-0.3, -0.25) is 31.5 Å². The molecule has 3 aliphatic rings. The van der Waals surface area contributed by atoms with Gasteiger partial charge in [-0.2, -0.15) is 0 Å². The summed E-state index contributed by atoms with van der Waals surface area (Å²) in [5.74, 6) is 0.362. The molecule has 1 saturated carbocycles. The Morgan fingerprint density at radius 2 is 1.96 bits per heavy atom. The molecule has 0 amide bonds. The normalized spacial score (nSPS) is 39.1. The highest BCUT2D eigenvalue weighted by molar-refractivity contribution is 6.20. The molecule has 6 N–H and O–H groups in total. The van der Waals surface area contributed by atoms with Crippen LogP contribution in [-0.2, 0) is 0 Å². The van der Waals surface area contributed by atoms with Gasteiger partial charge in [0.1, 0.15) is 6.29 Å². The minimum Gasteiger partial charge on any atom is -0.395 e. The fourth-order valence-electron chi connectivity index (χ4n) is 4.59. The Kier molecular flexibility index (Phi) is 7.78. The van der Waals surface area contributed by atoms with Gasteiger partial charge in [0.05, 0.1) is 31.6 Å². The van der Waals surface area contributed by atoms with Gasteiger partial charge in [-0.1, -0.05) is 20.3 Å². The van der Waals surface area contributed by atoms with Crippen molar-refractivity contribution >= 4 is 11.6 Å². The zero-order valence-electron chi connectivity index (χ0n) is 17.2. The molecule has 3 fully saturated rings. The van der Waals surface area contributed by atoms with E-state index in [9.17, 15) is 5.11 Å². The Morgan fingerprint density at radius 1 is 1.19 bits per heavy atom. The van der Waals surface area contributed by atoms with E-state index in [1.165, 1.54) is 12.8 Å². The molecule has 7 atom stereocenters. The third-order valence-electron chi connectivity index (χ3n) is 6.32. The van der Waals surface area contributed by atoms with Crippen molar-refractivity contribution < 1.29 is 5.11 Å². The third kappa shape index (κ3) is 5.34. The molecule has 0 radical (unpaired) electrons. The molecule has 0 spiro atoms. The molecule has 0 aromatic carbocycles. The van der Waals surface area contributed by atoms with Crippen molar-refractivity contribution in [3.8, 4) is 0 Å². The predicted octanol–water partition coefficient (Wildman–Crippen LogP) is 0.501. The van der Waals surface area contributed by atoms with Gasteiger partial charge >= 0.3 is 0 Å². The van der Waals surface area contributed by atoms with Crippen molar-refractivity contribution in [1.82, 2.24) is 31.5 Å². The summed E-state index contributed by atoms with van der Waals surface area (Å²) in [6.07, 6.45) is 4.86. The summed E-state index contributed by atoms with van der Waals surface area (Å²) in [6, 6.07) is 1.25. The fraction of sp³-hybridized carbons (Fsp3) is 1.00. The number of halogens is 1. The van der Waals surface area contributed by atoms with Crippen LogP contribution < -0.4 is 26.6 Å². The molecule has 8 heteroatoms. The largest absolute Gasteiger partial charge is 0.395 e. The molecule has 158 valence electrons. The van der Waals surface area contributed by atoms with Crippen molar-refractivity contribution in [2.24, 2.45) is 5.92 Å². The Balaban J connectivity index is 1.70. The average Bonchev–Trinajstić information content (AvgIpc) is 3.04. The summed E-state index contributed by atoms with van der Waals surface area (Å²) in [5, 5.41) is 28.5. The first-order valence-corrected chi connectivity index (χ1v) is 11.1. The molecule has 2 aliphatic heterocycles. The maximum absolute atomic E-state index is 9.74. The van der Waals surface area contributed by atoms with E-state index in [0.717, 1.165) is 19.5 Å². The van der Waals surface area contributed by atoms with Crippen molar-refractivity contribution in [2.75, 3.05) is 13.3 Å². The minimum atomic E-state index is -0.0557. The zero-order valence-corrected chi connectivity index (χ0v) is 18.0. The first-order chi connectivity index (χ1) is 12.9. The van der Waals surface area contributed by atoms with E-state index in [-0.39, 0.29) is 42.7 Å². The lowest BCUT2D eigenvalue weighted by Crippen LogP contribution is -2.77. The standard InChI is InChI=1S/C19H39ClN6O/c1-11(2)15(9-27)23-19-24-17(22-14-7-5-6-13(20)8-14)16-18(25-19)26(10-21-16)12(3)4/h11-19,21-25,27H,5-10H2,1-4H3/t13?,14?,15-,16?,17?,18?,19?/m0/s1. The maximum Gasteiger partial charge on any atom is 0.114 e. The Bertz CT molecular complexity index is 467. The number of hydrogen-bond donors (Lipinski definition) is 6. The highest BCUT2D eigenvalue weighted by Gasteiger charge is 2.45. The van der Waals surface area contributed by atoms with Crippen LogP contribution in [0.1, 0.15) is 53.4 Å². The Labute approximate surface area is 169 Å². The van der Waals surface area contributed by atoms with Crippen molar-refractivity contribution in [1.29, 1.82) is 0 Å². The van der Waals surface area contributed by atoms with E-state index in [2.05, 4.69) is 59.2 Å². The van der Waals surface area contributed by atoms with Gasteiger partial charge in [0.2, 0.25) is 0 Å². The highest BCUT2D eigenvalue weighted by atomic mass is 35.5. The molecule has 7 nitrogen and oxygen atoms in total. The topological polar surface area (TPSA) is 83.6 Å². The van der Waals surface area contributed by atoms with Gasteiger partial charge in [-0.25, -0.2) is 0 Å². The van der Waals surface area contributed by atoms with Crippen LogP contribution in [0.2, 0.25) is 0 Å². The number of hydrogen-bond acceptors (Lipinski definition) is 7. The molecule has 2 saturated heterocycles. The van der Waals surface area contributed by atoms with Crippen molar-refractivity contribution in [2.45, 2.75) is 102 Å². The van der Waals surface area contributed by atoms with E-state index < -0.39 is 0 Å². The van der Waals surface area contributed by atoms with Gasteiger partial charge in [0.25, 0.3) is 0 Å². The smallest absolute Gasteiger partial charge is 0.114 e. The lowest BCUT2D eigenvalue weighted by atomic mass is 9.94. The number of nitrogens with zero attached hydrogens (tertiary/aromatic N) is 1. The predicted molar refractivity (Wildman–Crippen MR) is 110 cm³/mol. The first kappa shape index (κ1) is 21.7. The molecule has 2 heterocycles. The molecular formula is C19H39ClN6O. The van der Waals surface area contributed by atoms with Crippen LogP contribution in [0.3, 0.4) is 0 Å². The summed E-state index contributed by atoms with van der Waals surface area (Å²) in [5.41, 5.74) is 0. The lowest BCUT2D eigenvalue weighted by molar-refractivity contribution is 0.0632. The molecule has 0 aromatic heterocycles. The second kappa shape index (κ2) is 9.67. The second-order valence-corrected chi connectivity index (χ2v) is 9.63. The number of aliphatic hydroxyl groups excluding tert-OH is 1. The first-order valence-electron chi connectivity index (χ1n) is 10.7. The second-order valence-electron chi connectivity index (χ2n) is 9.01. The van der Waals surface area contributed by atoms with E-state index in [1.54, 1.807) is 0 Å². The van der Waals surface area contributed by atoms with Crippen LogP contribution in [0.15, 0.2) is 0 Å². The zero-order chi connectivity index (χ0) is 19.6. The summed E-state index contributed by atoms with van der Waals surface area (Å²) < 4.78 is 0. The summed E-state index contributed by atoms with van der Waals surface area (Å²) in [6.45, 7) is 9.76. The summed E-state index contributed by atoms with van der Waals surface area (Å²) >= 11 is 6.42. The van der Waals surface area contributed by atoms with Gasteiger partial charge in [0, 0.05) is 23.5 Å². The average molecular weight is 403 g/mol. The number of rotatable bonds is 7. The third-order valence-corrected chi connectivity index (χ3v) is 6.72. The monoisotopic (exact) mass is 402 g/mol. The maximum atomic E-state index is 9.74. The molecule has 3 rings (SSSR count). The highest BCUT2D eigenvalue weighted by Crippen LogP contribution is 2.25. The van der Waals surface area contributed by atoms with Gasteiger partial charge in [0.15, 0.2) is 0 Å². The fourth-order valence-corrected chi connectivity index (χ4v) is 4.96. The molecular weight excluding hydrogens is 364 g/mol. The number of fused-ring (bicyclic) bond motifs is 1. The van der Waals surface area contributed by atoms with E-state index in [1.807, 2.05) is 0 Å². The van der Waals surface area contributed by atoms with E-state index >= 15 is 0 Å². The Hall–Kier alpha value is 0.01000. The van der Waals surface area contributed by atoms with Crippen molar-refractivity contribution in [3.05, 3.63) is 0 Å². The van der Waals surface area contributed by atoms with Gasteiger partial charge in [-0.05, 0) is 39.0 Å². The number of nitrogens with one attached hydrogen (secondary N) is 5. The van der Waals surface area contributed by atoms with Crippen molar-refractivity contribution in [3.63, 3.8) is 0 Å². The quantitative estimate of drug-likeness (QED) is 0.346. The van der Waals surface area contributed by atoms with Crippen LogP contribution in [0.4, 0.5) is 0 Å². The minimum absolute atomic E-state index is 0.0518. The SMILES string of the molecule is CC(C)[C@H](CO)NC1NC(NC2CCCC(Cl)C2)C2NCN(C(C)C)C2N1. The van der Waals surface area contributed by atoms with E-state index in [0.29, 0.717) is 18.0 Å². The van der Waals surface area contributed by atoms with Crippen LogP contribution in [0, 0.1) is 5.92 Å². The van der Waals surface area contributed by atoms with Gasteiger partial charge < -0.3 is 5.11 Å². The molecule has 27 heavy (non-hydrogen) atoms. The van der Waals surface area contributed by atoms with Crippen LogP contribution in [0.5, 0.6) is 0 Å². The van der Waals surface area contributed by atoms with Crippen LogP contribution in [0.25, 0.3) is 0 Å². The molecule has 0 aromatic rings. The molecule has 6 unspecified atom stereocenters. The van der Waals surface area contributed by atoms with E-state index in [4.69, 9.17) is 11.6 Å². The van der Waals surface area contributed by atoms with Crippen LogP contribution in [-0.4, -0.2) is 71.4 Å². The summed E-state index contributed by atoms with van der Waals surface area (Å²) in [4.78, 5) is 2.46. The number of aliphatic hydroxyl groups is 1. The lowest BCUT2D eigenvalue weighted by Gasteiger charge is -2.46. The number of alkyl halides is 1. The van der Waals surface area contributed by atoms with Crippen LogP contribution >= 0.6 is 11.6 Å². The Morgan fingerprint density at radius 3 is 2.59 bits per heavy atom. The summed E-state index contributed by atoms with van der Waals surface area (Å²) in [7, 11) is 0. The van der Waals surface area contributed by atoms with Gasteiger partial charge in [-0.15, -0.1) is 11.6 Å². The molecule has 1 aliphatic carbocycles. The molecule has 0 bridgehead atoms.